The molecule has 2 aromatic heterocycles. The number of nitrogens with zero attached hydrogens (tertiary/aromatic N) is 1. The van der Waals surface area contributed by atoms with Crippen molar-refractivity contribution in [3.05, 3.63) is 36.6 Å². The first-order chi connectivity index (χ1) is 9.49. The molecule has 0 aliphatic heterocycles. The summed E-state index contributed by atoms with van der Waals surface area (Å²) in [6, 6.07) is 7.43. The van der Waals surface area contributed by atoms with Gasteiger partial charge in [0.05, 0.1) is 17.3 Å². The lowest BCUT2D eigenvalue weighted by atomic mass is 10.3. The van der Waals surface area contributed by atoms with Crippen molar-refractivity contribution in [3.63, 3.8) is 0 Å². The van der Waals surface area contributed by atoms with Crippen LogP contribution in [-0.4, -0.2) is 16.3 Å². The summed E-state index contributed by atoms with van der Waals surface area (Å²) < 4.78 is 45.4. The summed E-state index contributed by atoms with van der Waals surface area (Å²) >= 11 is 1.24. The van der Waals surface area contributed by atoms with Gasteiger partial charge in [0.15, 0.2) is 10.2 Å². The predicted octanol–water partition coefficient (Wildman–Crippen LogP) is 4.21. The van der Waals surface area contributed by atoms with Gasteiger partial charge < -0.3 is 14.1 Å². The minimum absolute atomic E-state index is 0.289. The molecule has 0 unspecified atom stereocenters. The zero-order valence-corrected chi connectivity index (χ0v) is 10.6. The Hall–Kier alpha value is -2.09. The molecule has 0 saturated heterocycles. The van der Waals surface area contributed by atoms with Crippen LogP contribution in [0.1, 0.15) is 0 Å². The van der Waals surface area contributed by atoms with Gasteiger partial charge in [-0.15, -0.1) is 13.2 Å². The fraction of sp³-hybridized carbons (Fsp3) is 0.0833. The van der Waals surface area contributed by atoms with Crippen molar-refractivity contribution in [2.75, 3.05) is 0 Å². The highest BCUT2D eigenvalue weighted by Crippen LogP contribution is 2.30. The Morgan fingerprint density at radius 1 is 1.25 bits per heavy atom. The van der Waals surface area contributed by atoms with Crippen molar-refractivity contribution in [1.82, 2.24) is 9.97 Å². The Labute approximate surface area is 114 Å². The van der Waals surface area contributed by atoms with E-state index >= 15 is 0 Å². The number of benzene rings is 1. The Kier molecular flexibility index (Phi) is 3.09. The quantitative estimate of drug-likeness (QED) is 0.787. The van der Waals surface area contributed by atoms with E-state index in [4.69, 9.17) is 4.42 Å². The molecule has 4 nitrogen and oxygen atoms in total. The third-order valence-corrected chi connectivity index (χ3v) is 3.18. The zero-order chi connectivity index (χ0) is 14.2. The van der Waals surface area contributed by atoms with Gasteiger partial charge in [-0.25, -0.2) is 4.98 Å². The minimum atomic E-state index is -4.71. The van der Waals surface area contributed by atoms with Crippen LogP contribution < -0.4 is 4.74 Å². The molecule has 0 aliphatic carbocycles. The molecule has 0 saturated carbocycles. The molecule has 0 radical (unpaired) electrons. The van der Waals surface area contributed by atoms with Gasteiger partial charge in [-0.2, -0.15) is 0 Å². The first-order valence-electron chi connectivity index (χ1n) is 5.46. The zero-order valence-electron chi connectivity index (χ0n) is 9.77. The molecular formula is C12H7F3N2O2S. The first-order valence-corrected chi connectivity index (χ1v) is 6.28. The summed E-state index contributed by atoms with van der Waals surface area (Å²) in [7, 11) is 0. The lowest BCUT2D eigenvalue weighted by molar-refractivity contribution is -0.274. The second-order valence-electron chi connectivity index (χ2n) is 3.80. The number of hydrogen-bond donors (Lipinski definition) is 1. The van der Waals surface area contributed by atoms with Crippen LogP contribution in [0.5, 0.6) is 5.75 Å². The van der Waals surface area contributed by atoms with Crippen LogP contribution in [0.15, 0.2) is 51.3 Å². The molecule has 0 amide bonds. The van der Waals surface area contributed by atoms with Crippen molar-refractivity contribution in [2.24, 2.45) is 0 Å². The molecule has 3 aromatic rings. The van der Waals surface area contributed by atoms with Crippen molar-refractivity contribution >= 4 is 22.8 Å². The van der Waals surface area contributed by atoms with E-state index in [0.717, 1.165) is 0 Å². The van der Waals surface area contributed by atoms with Crippen LogP contribution in [0.2, 0.25) is 0 Å². The number of halogens is 3. The SMILES string of the molecule is FC(F)(F)Oc1ccc2nc(Sc3ccco3)[nH]c2c1. The maximum Gasteiger partial charge on any atom is 0.573 e. The number of rotatable bonds is 3. The monoisotopic (exact) mass is 300 g/mol. The third kappa shape index (κ3) is 2.90. The molecule has 0 aliphatic rings. The number of H-pyrrole nitrogens is 1. The topological polar surface area (TPSA) is 51.1 Å². The molecule has 1 N–H and O–H groups in total. The van der Waals surface area contributed by atoms with Gasteiger partial charge in [0, 0.05) is 6.07 Å². The van der Waals surface area contributed by atoms with E-state index < -0.39 is 6.36 Å². The van der Waals surface area contributed by atoms with Gasteiger partial charge in [0.2, 0.25) is 0 Å². The van der Waals surface area contributed by atoms with Crippen molar-refractivity contribution in [2.45, 2.75) is 16.6 Å². The number of imidazole rings is 1. The molecular weight excluding hydrogens is 293 g/mol. The molecule has 0 bridgehead atoms. The third-order valence-electron chi connectivity index (χ3n) is 2.36. The summed E-state index contributed by atoms with van der Waals surface area (Å²) in [4.78, 5) is 7.14. The smallest absolute Gasteiger partial charge is 0.458 e. The highest BCUT2D eigenvalue weighted by atomic mass is 32.2. The highest BCUT2D eigenvalue weighted by molar-refractivity contribution is 7.99. The molecule has 20 heavy (non-hydrogen) atoms. The van der Waals surface area contributed by atoms with Crippen LogP contribution in [0.25, 0.3) is 11.0 Å². The van der Waals surface area contributed by atoms with E-state index in [1.165, 1.54) is 36.2 Å². The summed E-state index contributed by atoms with van der Waals surface area (Å²) in [6.07, 6.45) is -3.18. The summed E-state index contributed by atoms with van der Waals surface area (Å²) in [6.45, 7) is 0. The number of nitrogens with one attached hydrogen (secondary N) is 1. The average molecular weight is 300 g/mol. The Morgan fingerprint density at radius 2 is 2.10 bits per heavy atom. The maximum absolute atomic E-state index is 12.1. The number of fused-ring (bicyclic) bond motifs is 1. The molecule has 1 aromatic carbocycles. The van der Waals surface area contributed by atoms with E-state index in [0.29, 0.717) is 21.3 Å². The maximum atomic E-state index is 12.1. The van der Waals surface area contributed by atoms with Gasteiger partial charge >= 0.3 is 6.36 Å². The predicted molar refractivity (Wildman–Crippen MR) is 65.6 cm³/mol. The van der Waals surface area contributed by atoms with Gasteiger partial charge in [0.25, 0.3) is 0 Å². The summed E-state index contributed by atoms with van der Waals surface area (Å²) in [5.41, 5.74) is 1.01. The number of hydrogen-bond acceptors (Lipinski definition) is 4. The first kappa shape index (κ1) is 12.9. The van der Waals surface area contributed by atoms with Gasteiger partial charge in [-0.3, -0.25) is 0 Å². The molecule has 2 heterocycles. The van der Waals surface area contributed by atoms with Crippen LogP contribution in [0.3, 0.4) is 0 Å². The summed E-state index contributed by atoms with van der Waals surface area (Å²) in [5.74, 6) is -0.289. The van der Waals surface area contributed by atoms with Crippen LogP contribution in [-0.2, 0) is 0 Å². The number of ether oxygens (including phenoxy) is 1. The normalized spacial score (nSPS) is 11.9. The summed E-state index contributed by atoms with van der Waals surface area (Å²) in [5, 5.41) is 1.16. The number of alkyl halides is 3. The number of aromatic amines is 1. The van der Waals surface area contributed by atoms with Crippen LogP contribution >= 0.6 is 11.8 Å². The standard InChI is InChI=1S/C12H7F3N2O2S/c13-12(14,15)19-7-3-4-8-9(6-7)17-11(16-8)20-10-2-1-5-18-10/h1-6H,(H,16,17). The minimum Gasteiger partial charge on any atom is -0.458 e. The van der Waals surface area contributed by atoms with E-state index in [1.54, 1.807) is 12.1 Å². The van der Waals surface area contributed by atoms with Crippen molar-refractivity contribution < 1.29 is 22.3 Å². The molecule has 3 rings (SSSR count). The largest absolute Gasteiger partial charge is 0.573 e. The van der Waals surface area contributed by atoms with E-state index in [-0.39, 0.29) is 5.75 Å². The fourth-order valence-corrected chi connectivity index (χ4v) is 2.37. The van der Waals surface area contributed by atoms with Gasteiger partial charge in [0.1, 0.15) is 5.75 Å². The molecule has 0 fully saturated rings. The Bertz CT molecular complexity index is 722. The Balaban J connectivity index is 1.87. The fourth-order valence-electron chi connectivity index (χ4n) is 1.63. The van der Waals surface area contributed by atoms with Crippen molar-refractivity contribution in [3.8, 4) is 5.75 Å². The lowest BCUT2D eigenvalue weighted by Crippen LogP contribution is -2.16. The van der Waals surface area contributed by atoms with Crippen LogP contribution in [0, 0.1) is 0 Å². The van der Waals surface area contributed by atoms with E-state index in [2.05, 4.69) is 14.7 Å². The molecule has 0 atom stereocenters. The van der Waals surface area contributed by atoms with Gasteiger partial charge in [-0.05, 0) is 36.0 Å². The highest BCUT2D eigenvalue weighted by Gasteiger charge is 2.31. The number of furan rings is 1. The van der Waals surface area contributed by atoms with Gasteiger partial charge in [-0.1, -0.05) is 0 Å². The second kappa shape index (κ2) is 4.78. The molecule has 104 valence electrons. The number of aromatic nitrogens is 2. The molecule has 8 heteroatoms. The second-order valence-corrected chi connectivity index (χ2v) is 4.80. The van der Waals surface area contributed by atoms with E-state index in [9.17, 15) is 13.2 Å². The van der Waals surface area contributed by atoms with Crippen molar-refractivity contribution in [1.29, 1.82) is 0 Å². The van der Waals surface area contributed by atoms with Crippen LogP contribution in [0.4, 0.5) is 13.2 Å². The lowest BCUT2D eigenvalue weighted by Gasteiger charge is -2.07. The Morgan fingerprint density at radius 3 is 2.80 bits per heavy atom. The molecule has 0 spiro atoms. The van der Waals surface area contributed by atoms with E-state index in [1.807, 2.05) is 0 Å². The average Bonchev–Trinajstić information content (AvgIpc) is 2.95.